The first kappa shape index (κ1) is 13.2. The van der Waals surface area contributed by atoms with Gasteiger partial charge in [-0.1, -0.05) is 22.4 Å². The van der Waals surface area contributed by atoms with E-state index in [9.17, 15) is 9.59 Å². The standard InChI is InChI=1S/C11H15BrO4/c1-15-9(13)11(10(14)16-2)6-4-3-5-8(11)7-12/h7H,3-6H2,1-2H3/b8-7+. The first-order valence-corrected chi connectivity index (χ1v) is 6.01. The molecule has 5 heteroatoms. The number of carbonyl (C=O) groups is 2. The van der Waals surface area contributed by atoms with Crippen molar-refractivity contribution in [3.63, 3.8) is 0 Å². The predicted octanol–water partition coefficient (Wildman–Crippen LogP) is 2.17. The van der Waals surface area contributed by atoms with Crippen LogP contribution in [0, 0.1) is 5.41 Å². The maximum atomic E-state index is 11.9. The van der Waals surface area contributed by atoms with Crippen molar-refractivity contribution in [3.05, 3.63) is 10.6 Å². The maximum Gasteiger partial charge on any atom is 0.327 e. The fourth-order valence-corrected chi connectivity index (χ4v) is 2.75. The van der Waals surface area contributed by atoms with Gasteiger partial charge in [-0.15, -0.1) is 0 Å². The number of methoxy groups -OCH3 is 2. The van der Waals surface area contributed by atoms with Gasteiger partial charge in [-0.2, -0.15) is 0 Å². The second kappa shape index (κ2) is 5.48. The number of halogens is 1. The van der Waals surface area contributed by atoms with Crippen LogP contribution < -0.4 is 0 Å². The number of hydrogen-bond acceptors (Lipinski definition) is 4. The van der Waals surface area contributed by atoms with E-state index in [0.717, 1.165) is 18.4 Å². The number of carbonyl (C=O) groups excluding carboxylic acids is 2. The van der Waals surface area contributed by atoms with Crippen molar-refractivity contribution in [2.45, 2.75) is 25.7 Å². The molecule has 90 valence electrons. The summed E-state index contributed by atoms with van der Waals surface area (Å²) in [5, 5.41) is 0. The highest BCUT2D eigenvalue weighted by Gasteiger charge is 2.52. The highest BCUT2D eigenvalue weighted by Crippen LogP contribution is 2.43. The lowest BCUT2D eigenvalue weighted by atomic mass is 9.70. The zero-order valence-corrected chi connectivity index (χ0v) is 11.0. The molecule has 0 atom stereocenters. The van der Waals surface area contributed by atoms with Gasteiger partial charge in [0.1, 0.15) is 0 Å². The molecule has 0 heterocycles. The molecule has 0 radical (unpaired) electrons. The van der Waals surface area contributed by atoms with E-state index >= 15 is 0 Å². The third kappa shape index (κ3) is 2.00. The van der Waals surface area contributed by atoms with Crippen LogP contribution in [-0.2, 0) is 19.1 Å². The van der Waals surface area contributed by atoms with E-state index in [1.807, 2.05) is 0 Å². The van der Waals surface area contributed by atoms with Crippen LogP contribution in [-0.4, -0.2) is 26.2 Å². The summed E-state index contributed by atoms with van der Waals surface area (Å²) in [4.78, 5) is 25.4. The van der Waals surface area contributed by atoms with Crippen LogP contribution in [0.25, 0.3) is 0 Å². The van der Waals surface area contributed by atoms with Crippen molar-refractivity contribution >= 4 is 27.9 Å². The first-order chi connectivity index (χ1) is 7.63. The molecule has 0 unspecified atom stereocenters. The van der Waals surface area contributed by atoms with Crippen molar-refractivity contribution in [2.75, 3.05) is 14.2 Å². The SMILES string of the molecule is COC(=O)C1(C(=O)OC)CCCC/C1=C\Br. The Morgan fingerprint density at radius 2 is 1.81 bits per heavy atom. The monoisotopic (exact) mass is 290 g/mol. The molecule has 1 rings (SSSR count). The zero-order chi connectivity index (χ0) is 12.2. The van der Waals surface area contributed by atoms with E-state index < -0.39 is 17.4 Å². The van der Waals surface area contributed by atoms with Crippen LogP contribution in [0.2, 0.25) is 0 Å². The summed E-state index contributed by atoms with van der Waals surface area (Å²) in [5.41, 5.74) is -0.511. The average molecular weight is 291 g/mol. The molecule has 1 aliphatic rings. The van der Waals surface area contributed by atoms with Crippen LogP contribution in [0.3, 0.4) is 0 Å². The molecule has 0 aromatic carbocycles. The topological polar surface area (TPSA) is 52.6 Å². The summed E-state index contributed by atoms with van der Waals surface area (Å²) in [5.74, 6) is -1.07. The highest BCUT2D eigenvalue weighted by molar-refractivity contribution is 9.11. The molecule has 0 bridgehead atoms. The molecule has 1 fully saturated rings. The molecule has 0 N–H and O–H groups in total. The Morgan fingerprint density at radius 1 is 1.25 bits per heavy atom. The largest absolute Gasteiger partial charge is 0.468 e. The second-order valence-corrected chi connectivity index (χ2v) is 4.19. The van der Waals surface area contributed by atoms with Crippen LogP contribution in [0.4, 0.5) is 0 Å². The van der Waals surface area contributed by atoms with E-state index in [-0.39, 0.29) is 0 Å². The van der Waals surface area contributed by atoms with Gasteiger partial charge in [-0.05, 0) is 29.8 Å². The third-order valence-electron chi connectivity index (χ3n) is 3.00. The first-order valence-electron chi connectivity index (χ1n) is 5.10. The second-order valence-electron chi connectivity index (χ2n) is 3.73. The Labute approximate surface area is 103 Å². The molecular weight excluding hydrogens is 276 g/mol. The van der Waals surface area contributed by atoms with Gasteiger partial charge in [0.25, 0.3) is 0 Å². The lowest BCUT2D eigenvalue weighted by Crippen LogP contribution is -2.44. The molecule has 16 heavy (non-hydrogen) atoms. The lowest BCUT2D eigenvalue weighted by Gasteiger charge is -2.33. The molecule has 0 saturated heterocycles. The van der Waals surface area contributed by atoms with Gasteiger partial charge in [-0.3, -0.25) is 9.59 Å². The van der Waals surface area contributed by atoms with Gasteiger partial charge in [-0.25, -0.2) is 0 Å². The molecule has 0 amide bonds. The minimum absolute atomic E-state index is 0.448. The fraction of sp³-hybridized carbons (Fsp3) is 0.636. The van der Waals surface area contributed by atoms with Gasteiger partial charge in [0.15, 0.2) is 5.41 Å². The fourth-order valence-electron chi connectivity index (χ4n) is 2.13. The van der Waals surface area contributed by atoms with Crippen molar-refractivity contribution in [1.29, 1.82) is 0 Å². The van der Waals surface area contributed by atoms with E-state index in [2.05, 4.69) is 15.9 Å². The summed E-state index contributed by atoms with van der Waals surface area (Å²) in [7, 11) is 2.57. The summed E-state index contributed by atoms with van der Waals surface area (Å²) in [6.07, 6.45) is 2.93. The zero-order valence-electron chi connectivity index (χ0n) is 9.42. The Balaban J connectivity index is 3.20. The summed E-state index contributed by atoms with van der Waals surface area (Å²) in [6, 6.07) is 0. The van der Waals surface area contributed by atoms with Crippen LogP contribution >= 0.6 is 15.9 Å². The summed E-state index contributed by atoms with van der Waals surface area (Å²) in [6.45, 7) is 0. The maximum absolute atomic E-state index is 11.9. The summed E-state index contributed by atoms with van der Waals surface area (Å²) < 4.78 is 9.49. The molecule has 1 saturated carbocycles. The Morgan fingerprint density at radius 3 is 2.25 bits per heavy atom. The number of ether oxygens (including phenoxy) is 2. The van der Waals surface area contributed by atoms with E-state index in [0.29, 0.717) is 12.8 Å². The number of hydrogen-bond donors (Lipinski definition) is 0. The van der Waals surface area contributed by atoms with E-state index in [4.69, 9.17) is 9.47 Å². The van der Waals surface area contributed by atoms with Gasteiger partial charge in [0.05, 0.1) is 14.2 Å². The van der Waals surface area contributed by atoms with Gasteiger partial charge in [0.2, 0.25) is 0 Å². The van der Waals surface area contributed by atoms with E-state index in [1.165, 1.54) is 14.2 Å². The van der Waals surface area contributed by atoms with Crippen molar-refractivity contribution in [2.24, 2.45) is 5.41 Å². The van der Waals surface area contributed by atoms with E-state index in [1.54, 1.807) is 4.99 Å². The molecule has 4 nitrogen and oxygen atoms in total. The molecule has 0 aromatic heterocycles. The van der Waals surface area contributed by atoms with Crippen molar-refractivity contribution in [3.8, 4) is 0 Å². The predicted molar refractivity (Wildman–Crippen MR) is 61.9 cm³/mol. The molecule has 0 spiro atoms. The minimum Gasteiger partial charge on any atom is -0.468 e. The van der Waals surface area contributed by atoms with Crippen LogP contribution in [0.5, 0.6) is 0 Å². The van der Waals surface area contributed by atoms with Crippen LogP contribution in [0.15, 0.2) is 10.6 Å². The Kier molecular flexibility index (Phi) is 4.53. The highest BCUT2D eigenvalue weighted by atomic mass is 79.9. The van der Waals surface area contributed by atoms with Gasteiger partial charge >= 0.3 is 11.9 Å². The third-order valence-corrected chi connectivity index (χ3v) is 3.55. The van der Waals surface area contributed by atoms with Crippen LogP contribution in [0.1, 0.15) is 25.7 Å². The van der Waals surface area contributed by atoms with Crippen molar-refractivity contribution in [1.82, 2.24) is 0 Å². The number of esters is 2. The van der Waals surface area contributed by atoms with Gasteiger partial charge < -0.3 is 9.47 Å². The average Bonchev–Trinajstić information content (AvgIpc) is 2.36. The Bertz CT molecular complexity index is 306. The molecular formula is C11H15BrO4. The normalized spacial score (nSPS) is 21.6. The van der Waals surface area contributed by atoms with Crippen molar-refractivity contribution < 1.29 is 19.1 Å². The smallest absolute Gasteiger partial charge is 0.327 e. The lowest BCUT2D eigenvalue weighted by molar-refractivity contribution is -0.167. The molecule has 0 aliphatic heterocycles. The quantitative estimate of drug-likeness (QED) is 0.578. The molecule has 0 aromatic rings. The Hall–Kier alpha value is -0.840. The molecule has 1 aliphatic carbocycles. The van der Waals surface area contributed by atoms with Gasteiger partial charge in [0, 0.05) is 0 Å². The summed E-state index contributed by atoms with van der Waals surface area (Å²) >= 11 is 3.20. The minimum atomic E-state index is -1.24. The number of rotatable bonds is 2.